The number of nitrogens with one attached hydrogen (secondary N) is 1. The van der Waals surface area contributed by atoms with Crippen molar-refractivity contribution in [2.24, 2.45) is 5.41 Å². The topological polar surface area (TPSA) is 66.4 Å². The molecule has 0 saturated carbocycles. The Kier molecular flexibility index (Phi) is 3.84. The van der Waals surface area contributed by atoms with E-state index in [9.17, 15) is 14.0 Å². The lowest BCUT2D eigenvalue weighted by molar-refractivity contribution is -0.132. The lowest BCUT2D eigenvalue weighted by Crippen LogP contribution is -2.40. The first-order valence-corrected chi connectivity index (χ1v) is 3.91. The van der Waals surface area contributed by atoms with Crippen molar-refractivity contribution in [1.82, 2.24) is 5.32 Å². The number of hydrogen-bond acceptors (Lipinski definition) is 2. The maximum absolute atomic E-state index is 12.3. The van der Waals surface area contributed by atoms with Gasteiger partial charge in [0, 0.05) is 0 Å². The Morgan fingerprint density at radius 2 is 1.92 bits per heavy atom. The number of rotatable bonds is 3. The fraction of sp³-hybridized carbons (Fsp3) is 0.750. The molecule has 13 heavy (non-hydrogen) atoms. The normalized spacial score (nSPS) is 13.5. The summed E-state index contributed by atoms with van der Waals surface area (Å²) in [6, 6.07) is -2.89. The minimum atomic E-state index is -1.64. The molecule has 0 aromatic heterocycles. The van der Waals surface area contributed by atoms with Crippen LogP contribution in [0.4, 0.5) is 9.18 Å². The van der Waals surface area contributed by atoms with Crippen LogP contribution in [0.2, 0.25) is 0 Å². The molecule has 0 saturated heterocycles. The van der Waals surface area contributed by atoms with Gasteiger partial charge in [0.15, 0.2) is 0 Å². The van der Waals surface area contributed by atoms with E-state index >= 15 is 0 Å². The van der Waals surface area contributed by atoms with Gasteiger partial charge in [0.1, 0.15) is 6.04 Å². The Hall–Kier alpha value is -1.13. The first kappa shape index (κ1) is 11.9. The van der Waals surface area contributed by atoms with Crippen LogP contribution in [0.1, 0.15) is 27.2 Å². The number of carbonyl (C=O) groups excluding carboxylic acids is 1. The Bertz CT molecular complexity index is 210. The molecule has 5 heteroatoms. The molecule has 0 aliphatic heterocycles. The molecule has 76 valence electrons. The molecule has 0 radical (unpaired) electrons. The van der Waals surface area contributed by atoms with Crippen molar-refractivity contribution in [3.05, 3.63) is 0 Å². The van der Waals surface area contributed by atoms with E-state index in [0.29, 0.717) is 0 Å². The van der Waals surface area contributed by atoms with Crippen molar-refractivity contribution >= 4 is 12.1 Å². The Morgan fingerprint density at radius 3 is 2.15 bits per heavy atom. The Morgan fingerprint density at radius 1 is 1.46 bits per heavy atom. The van der Waals surface area contributed by atoms with Gasteiger partial charge in [-0.2, -0.15) is 4.39 Å². The molecule has 2 N–H and O–H groups in total. The van der Waals surface area contributed by atoms with Crippen molar-refractivity contribution in [3.63, 3.8) is 0 Å². The number of halogens is 1. The van der Waals surface area contributed by atoms with Crippen LogP contribution in [0.15, 0.2) is 0 Å². The van der Waals surface area contributed by atoms with Crippen LogP contribution in [0.25, 0.3) is 0 Å². The average Bonchev–Trinajstić information content (AvgIpc) is 1.81. The van der Waals surface area contributed by atoms with Gasteiger partial charge in [-0.1, -0.05) is 20.8 Å². The van der Waals surface area contributed by atoms with Crippen LogP contribution in [0.3, 0.4) is 0 Å². The van der Waals surface area contributed by atoms with Gasteiger partial charge >= 0.3 is 12.1 Å². The van der Waals surface area contributed by atoms with E-state index in [0.717, 1.165) is 0 Å². The monoisotopic (exact) mass is 191 g/mol. The zero-order valence-electron chi connectivity index (χ0n) is 7.93. The molecule has 1 amide bonds. The van der Waals surface area contributed by atoms with Gasteiger partial charge < -0.3 is 10.4 Å². The van der Waals surface area contributed by atoms with E-state index in [1.807, 2.05) is 5.32 Å². The number of carbonyl (C=O) groups is 2. The van der Waals surface area contributed by atoms with E-state index in [2.05, 4.69) is 0 Å². The molecule has 0 aromatic rings. The molecule has 0 bridgehead atoms. The van der Waals surface area contributed by atoms with Crippen LogP contribution in [0.5, 0.6) is 0 Å². The predicted octanol–water partition coefficient (Wildman–Crippen LogP) is 1.55. The number of hydrogen-bond donors (Lipinski definition) is 2. The second kappa shape index (κ2) is 4.20. The van der Waals surface area contributed by atoms with E-state index in [1.54, 1.807) is 20.8 Å². The largest absolute Gasteiger partial charge is 0.465 e. The van der Waals surface area contributed by atoms with Crippen LogP contribution in [-0.2, 0) is 4.79 Å². The molecule has 0 aliphatic rings. The Balaban J connectivity index is 4.27. The van der Waals surface area contributed by atoms with Crippen molar-refractivity contribution in [2.45, 2.75) is 33.2 Å². The second-order valence-corrected chi connectivity index (χ2v) is 4.07. The average molecular weight is 191 g/mol. The van der Waals surface area contributed by atoms with E-state index < -0.39 is 18.2 Å². The molecule has 1 atom stereocenters. The fourth-order valence-corrected chi connectivity index (χ4v) is 0.949. The minimum absolute atomic E-state index is 0.147. The summed E-state index contributed by atoms with van der Waals surface area (Å²) in [7, 11) is 0. The number of carboxylic acid groups (broad SMARTS) is 1. The first-order valence-electron chi connectivity index (χ1n) is 3.91. The molecule has 0 spiro atoms. The molecule has 4 nitrogen and oxygen atoms in total. The van der Waals surface area contributed by atoms with Crippen molar-refractivity contribution < 1.29 is 19.1 Å². The molecule has 0 fully saturated rings. The van der Waals surface area contributed by atoms with Gasteiger partial charge in [-0.25, -0.2) is 4.79 Å². The fourth-order valence-electron chi connectivity index (χ4n) is 0.949. The molecule has 0 aliphatic carbocycles. The van der Waals surface area contributed by atoms with Gasteiger partial charge in [0.05, 0.1) is 0 Å². The predicted molar refractivity (Wildman–Crippen MR) is 45.1 cm³/mol. The van der Waals surface area contributed by atoms with Crippen LogP contribution in [0, 0.1) is 5.41 Å². The third-order valence-electron chi connectivity index (χ3n) is 1.39. The van der Waals surface area contributed by atoms with Gasteiger partial charge in [-0.3, -0.25) is 4.79 Å². The summed E-state index contributed by atoms with van der Waals surface area (Å²) in [6.45, 7) is 5.39. The summed E-state index contributed by atoms with van der Waals surface area (Å²) in [5.74, 6) is 0. The van der Waals surface area contributed by atoms with Gasteiger partial charge in [0.2, 0.25) is 0 Å². The summed E-state index contributed by atoms with van der Waals surface area (Å²) < 4.78 is 12.3. The summed E-state index contributed by atoms with van der Waals surface area (Å²) in [5, 5.41) is 10.1. The zero-order chi connectivity index (χ0) is 10.6. The van der Waals surface area contributed by atoms with Gasteiger partial charge in [-0.05, 0) is 11.8 Å². The molecule has 0 rings (SSSR count). The lowest BCUT2D eigenvalue weighted by Gasteiger charge is -2.22. The molecule has 0 heterocycles. The van der Waals surface area contributed by atoms with Crippen molar-refractivity contribution in [2.75, 3.05) is 0 Å². The quantitative estimate of drug-likeness (QED) is 0.665. The highest BCUT2D eigenvalue weighted by Gasteiger charge is 2.26. The number of amides is 1. The highest BCUT2D eigenvalue weighted by atomic mass is 19.1. The van der Waals surface area contributed by atoms with Gasteiger partial charge in [0.25, 0.3) is 0 Å². The summed E-state index contributed by atoms with van der Waals surface area (Å²) >= 11 is 0. The highest BCUT2D eigenvalue weighted by molar-refractivity contribution is 5.79. The minimum Gasteiger partial charge on any atom is -0.465 e. The summed E-state index contributed by atoms with van der Waals surface area (Å²) in [6.07, 6.45) is -1.24. The molecular formula is C8H14FNO3. The lowest BCUT2D eigenvalue weighted by atomic mass is 9.88. The van der Waals surface area contributed by atoms with Crippen LogP contribution >= 0.6 is 0 Å². The Labute approximate surface area is 76.1 Å². The third kappa shape index (κ3) is 6.07. The zero-order valence-corrected chi connectivity index (χ0v) is 7.93. The maximum atomic E-state index is 12.3. The highest BCUT2D eigenvalue weighted by Crippen LogP contribution is 2.21. The smallest absolute Gasteiger partial charge is 0.405 e. The second-order valence-electron chi connectivity index (χ2n) is 4.07. The van der Waals surface area contributed by atoms with Crippen LogP contribution < -0.4 is 5.32 Å². The standard InChI is InChI=1S/C8H14FNO3/c1-8(2,3)4-5(6(9)11)10-7(12)13/h5,10H,4H2,1-3H3,(H,12,13)/t5-/m0/s1. The van der Waals surface area contributed by atoms with E-state index in [4.69, 9.17) is 5.11 Å². The third-order valence-corrected chi connectivity index (χ3v) is 1.39. The van der Waals surface area contributed by atoms with E-state index in [-0.39, 0.29) is 11.8 Å². The maximum Gasteiger partial charge on any atom is 0.405 e. The van der Waals surface area contributed by atoms with Crippen LogP contribution in [-0.4, -0.2) is 23.3 Å². The molecule has 0 aromatic carbocycles. The van der Waals surface area contributed by atoms with Gasteiger partial charge in [-0.15, -0.1) is 0 Å². The summed E-state index contributed by atoms with van der Waals surface area (Å²) in [4.78, 5) is 20.5. The summed E-state index contributed by atoms with van der Waals surface area (Å²) in [5.41, 5.74) is -0.297. The first-order chi connectivity index (χ1) is 5.72. The molecular weight excluding hydrogens is 177 g/mol. The SMILES string of the molecule is CC(C)(C)C[C@H](NC(=O)O)C(=O)F. The van der Waals surface area contributed by atoms with Crippen molar-refractivity contribution in [1.29, 1.82) is 0 Å². The molecule has 0 unspecified atom stereocenters. The van der Waals surface area contributed by atoms with Crippen molar-refractivity contribution in [3.8, 4) is 0 Å². The van der Waals surface area contributed by atoms with E-state index in [1.165, 1.54) is 0 Å².